The number of nitrogens with one attached hydrogen (secondary N) is 3. The summed E-state index contributed by atoms with van der Waals surface area (Å²) in [7, 11) is 1.92. The van der Waals surface area contributed by atoms with Gasteiger partial charge < -0.3 is 16.0 Å². The first-order chi connectivity index (χ1) is 14.0. The number of rotatable bonds is 13. The molecule has 0 spiro atoms. The van der Waals surface area contributed by atoms with Gasteiger partial charge in [0.05, 0.1) is 11.2 Å². The Labute approximate surface area is 175 Å². The van der Waals surface area contributed by atoms with E-state index in [1.807, 2.05) is 43.5 Å². The van der Waals surface area contributed by atoms with E-state index in [0.717, 1.165) is 54.3 Å². The fraction of sp³-hybridized carbons (Fsp3) is 0.500. The summed E-state index contributed by atoms with van der Waals surface area (Å²) in [6, 6.07) is 9.79. The number of amides is 1. The molecule has 1 heterocycles. The van der Waals surface area contributed by atoms with Crippen LogP contribution in [0.25, 0.3) is 10.9 Å². The lowest BCUT2D eigenvalue weighted by atomic mass is 9.96. The molecule has 0 bridgehead atoms. The van der Waals surface area contributed by atoms with Crippen molar-refractivity contribution in [2.75, 3.05) is 30.8 Å². The number of aromatic nitrogens is 1. The minimum Gasteiger partial charge on any atom is -0.369 e. The Balaban J connectivity index is 1.95. The van der Waals surface area contributed by atoms with E-state index in [-0.39, 0.29) is 11.8 Å². The van der Waals surface area contributed by atoms with E-state index in [2.05, 4.69) is 41.4 Å². The standard InChI is InChI=1S/C24H36N4O/c1-5-19(10-7-6-9-18(2)3)17-24(29)28-22-12-8-11-21-20(22)13-14-23(27-21)26-16-15-25-4/h5,8,11-14,18-19,25H,1,6-7,9-10,15-17H2,2-4H3,(H,26,27)(H,28,29). The number of likely N-dealkylation sites (N-methyl/N-ethyl adjacent to an activating group) is 1. The van der Waals surface area contributed by atoms with Crippen molar-refractivity contribution in [2.24, 2.45) is 11.8 Å². The first-order valence-corrected chi connectivity index (χ1v) is 10.7. The fourth-order valence-corrected chi connectivity index (χ4v) is 3.38. The number of anilines is 2. The van der Waals surface area contributed by atoms with Crippen molar-refractivity contribution < 1.29 is 4.79 Å². The molecule has 0 aliphatic rings. The van der Waals surface area contributed by atoms with Gasteiger partial charge >= 0.3 is 0 Å². The third-order valence-corrected chi connectivity index (χ3v) is 5.07. The zero-order valence-corrected chi connectivity index (χ0v) is 18.1. The molecule has 0 saturated heterocycles. The number of pyridine rings is 1. The van der Waals surface area contributed by atoms with Gasteiger partial charge in [-0.1, -0.05) is 45.3 Å². The summed E-state index contributed by atoms with van der Waals surface area (Å²) in [5.74, 6) is 1.82. The highest BCUT2D eigenvalue weighted by atomic mass is 16.1. The average Bonchev–Trinajstić information content (AvgIpc) is 2.70. The fourth-order valence-electron chi connectivity index (χ4n) is 3.38. The molecule has 2 rings (SSSR count). The highest BCUT2D eigenvalue weighted by Crippen LogP contribution is 2.25. The lowest BCUT2D eigenvalue weighted by molar-refractivity contribution is -0.116. The zero-order valence-electron chi connectivity index (χ0n) is 18.1. The van der Waals surface area contributed by atoms with Gasteiger partial charge in [-0.05, 0) is 49.6 Å². The van der Waals surface area contributed by atoms with E-state index in [1.54, 1.807) is 0 Å². The topological polar surface area (TPSA) is 66.0 Å². The van der Waals surface area contributed by atoms with Crippen molar-refractivity contribution in [3.8, 4) is 0 Å². The highest BCUT2D eigenvalue weighted by Gasteiger charge is 2.13. The normalized spacial score (nSPS) is 12.1. The number of carbonyl (C=O) groups is 1. The number of hydrogen-bond donors (Lipinski definition) is 3. The van der Waals surface area contributed by atoms with Gasteiger partial charge in [-0.3, -0.25) is 4.79 Å². The van der Waals surface area contributed by atoms with Gasteiger partial charge in [0.1, 0.15) is 5.82 Å². The number of nitrogens with zero attached hydrogens (tertiary/aromatic N) is 1. The number of benzene rings is 1. The van der Waals surface area contributed by atoms with Gasteiger partial charge in [0, 0.05) is 24.9 Å². The summed E-state index contributed by atoms with van der Waals surface area (Å²) in [5, 5.41) is 10.4. The van der Waals surface area contributed by atoms with E-state index < -0.39 is 0 Å². The van der Waals surface area contributed by atoms with Crippen molar-refractivity contribution in [1.29, 1.82) is 0 Å². The molecular formula is C24H36N4O. The Morgan fingerprint density at radius 2 is 1.93 bits per heavy atom. The summed E-state index contributed by atoms with van der Waals surface area (Å²) in [4.78, 5) is 17.3. The molecule has 158 valence electrons. The molecule has 5 nitrogen and oxygen atoms in total. The van der Waals surface area contributed by atoms with Gasteiger partial charge in [-0.2, -0.15) is 0 Å². The van der Waals surface area contributed by atoms with Crippen LogP contribution in [-0.2, 0) is 4.79 Å². The molecule has 0 aliphatic carbocycles. The van der Waals surface area contributed by atoms with Crippen LogP contribution in [0.3, 0.4) is 0 Å². The van der Waals surface area contributed by atoms with Crippen LogP contribution in [-0.4, -0.2) is 31.0 Å². The van der Waals surface area contributed by atoms with E-state index in [9.17, 15) is 4.79 Å². The number of hydrogen-bond acceptors (Lipinski definition) is 4. The molecule has 2 aromatic rings. The Morgan fingerprint density at radius 3 is 2.66 bits per heavy atom. The minimum atomic E-state index is 0.0301. The molecule has 1 aromatic heterocycles. The molecule has 1 atom stereocenters. The molecule has 0 saturated carbocycles. The zero-order chi connectivity index (χ0) is 21.1. The van der Waals surface area contributed by atoms with Crippen molar-refractivity contribution in [3.05, 3.63) is 43.0 Å². The van der Waals surface area contributed by atoms with Crippen molar-refractivity contribution in [3.63, 3.8) is 0 Å². The Bertz CT molecular complexity index is 788. The smallest absolute Gasteiger partial charge is 0.224 e. The second-order valence-corrected chi connectivity index (χ2v) is 8.03. The van der Waals surface area contributed by atoms with E-state index in [1.165, 1.54) is 12.8 Å². The summed E-state index contributed by atoms with van der Waals surface area (Å²) >= 11 is 0. The molecule has 1 amide bonds. The van der Waals surface area contributed by atoms with Gasteiger partial charge in [-0.15, -0.1) is 6.58 Å². The van der Waals surface area contributed by atoms with Crippen LogP contribution in [0.1, 0.15) is 46.0 Å². The summed E-state index contributed by atoms with van der Waals surface area (Å²) in [6.45, 7) is 10.1. The Kier molecular flexibility index (Phi) is 9.65. The second-order valence-electron chi connectivity index (χ2n) is 8.03. The van der Waals surface area contributed by atoms with Crippen LogP contribution >= 0.6 is 0 Å². The third kappa shape index (κ3) is 7.86. The van der Waals surface area contributed by atoms with E-state index >= 15 is 0 Å². The molecule has 0 aliphatic heterocycles. The van der Waals surface area contributed by atoms with E-state index in [0.29, 0.717) is 6.42 Å². The largest absolute Gasteiger partial charge is 0.369 e. The molecule has 0 fully saturated rings. The Hall–Kier alpha value is -2.40. The number of carbonyl (C=O) groups excluding carboxylic acids is 1. The SMILES string of the molecule is C=CC(CCCCC(C)C)CC(=O)Nc1cccc2nc(NCCNC)ccc12. The highest BCUT2D eigenvalue weighted by molar-refractivity contribution is 6.01. The molecule has 5 heteroatoms. The van der Waals surface area contributed by atoms with Crippen molar-refractivity contribution in [2.45, 2.75) is 46.0 Å². The van der Waals surface area contributed by atoms with E-state index in [4.69, 9.17) is 0 Å². The molecule has 1 aromatic carbocycles. The van der Waals surface area contributed by atoms with Crippen LogP contribution in [0.15, 0.2) is 43.0 Å². The lowest BCUT2D eigenvalue weighted by Gasteiger charge is -2.14. The molecule has 1 unspecified atom stereocenters. The maximum absolute atomic E-state index is 12.6. The van der Waals surface area contributed by atoms with Gasteiger partial charge in [0.25, 0.3) is 0 Å². The predicted molar refractivity (Wildman–Crippen MR) is 124 cm³/mol. The molecule has 0 radical (unpaired) electrons. The quantitative estimate of drug-likeness (QED) is 0.321. The van der Waals surface area contributed by atoms with Gasteiger partial charge in [-0.25, -0.2) is 4.98 Å². The number of allylic oxidation sites excluding steroid dienone is 1. The molecule has 3 N–H and O–H groups in total. The number of unbranched alkanes of at least 4 members (excludes halogenated alkanes) is 1. The summed E-state index contributed by atoms with van der Waals surface area (Å²) in [5.41, 5.74) is 1.68. The second kappa shape index (κ2) is 12.2. The van der Waals surface area contributed by atoms with Crippen LogP contribution in [0, 0.1) is 11.8 Å². The lowest BCUT2D eigenvalue weighted by Crippen LogP contribution is -2.18. The van der Waals surface area contributed by atoms with Crippen LogP contribution in [0.5, 0.6) is 0 Å². The summed E-state index contributed by atoms with van der Waals surface area (Å²) in [6.07, 6.45) is 7.00. The minimum absolute atomic E-state index is 0.0301. The summed E-state index contributed by atoms with van der Waals surface area (Å²) < 4.78 is 0. The van der Waals surface area contributed by atoms with Crippen LogP contribution in [0.2, 0.25) is 0 Å². The van der Waals surface area contributed by atoms with Crippen molar-refractivity contribution in [1.82, 2.24) is 10.3 Å². The molecular weight excluding hydrogens is 360 g/mol. The number of fused-ring (bicyclic) bond motifs is 1. The monoisotopic (exact) mass is 396 g/mol. The van der Waals surface area contributed by atoms with Gasteiger partial charge in [0.2, 0.25) is 5.91 Å². The van der Waals surface area contributed by atoms with Crippen LogP contribution in [0.4, 0.5) is 11.5 Å². The average molecular weight is 397 g/mol. The first-order valence-electron chi connectivity index (χ1n) is 10.7. The molecule has 29 heavy (non-hydrogen) atoms. The maximum atomic E-state index is 12.6. The van der Waals surface area contributed by atoms with Crippen LogP contribution < -0.4 is 16.0 Å². The van der Waals surface area contributed by atoms with Gasteiger partial charge in [0.15, 0.2) is 0 Å². The maximum Gasteiger partial charge on any atom is 0.224 e. The van der Waals surface area contributed by atoms with Crippen molar-refractivity contribution >= 4 is 28.3 Å². The first kappa shape index (κ1) is 22.9. The Morgan fingerprint density at radius 1 is 1.14 bits per heavy atom. The predicted octanol–water partition coefficient (Wildman–Crippen LogP) is 5.21. The third-order valence-electron chi connectivity index (χ3n) is 5.07.